The SMILES string of the molecule is CCN(C(=O)CNc1cccc([N+](=O)[O-])c1)c1ccccc1. The summed E-state index contributed by atoms with van der Waals surface area (Å²) in [6.07, 6.45) is 0. The van der Waals surface area contributed by atoms with E-state index in [1.54, 1.807) is 17.0 Å². The fraction of sp³-hybridized carbons (Fsp3) is 0.188. The van der Waals surface area contributed by atoms with Gasteiger partial charge in [0.15, 0.2) is 0 Å². The number of nitro groups is 1. The van der Waals surface area contributed by atoms with Crippen molar-refractivity contribution in [1.82, 2.24) is 0 Å². The number of rotatable bonds is 6. The molecule has 0 heterocycles. The van der Waals surface area contributed by atoms with Crippen LogP contribution in [0.3, 0.4) is 0 Å². The lowest BCUT2D eigenvalue weighted by atomic mass is 10.2. The number of nitro benzene ring substituents is 1. The fourth-order valence-corrected chi connectivity index (χ4v) is 2.11. The van der Waals surface area contributed by atoms with Crippen LogP contribution in [0.4, 0.5) is 17.1 Å². The number of para-hydroxylation sites is 1. The zero-order chi connectivity index (χ0) is 15.9. The number of nitrogens with zero attached hydrogens (tertiary/aromatic N) is 2. The van der Waals surface area contributed by atoms with Crippen molar-refractivity contribution in [3.8, 4) is 0 Å². The van der Waals surface area contributed by atoms with Crippen LogP contribution in [0.2, 0.25) is 0 Å². The number of anilines is 2. The number of benzene rings is 2. The maximum Gasteiger partial charge on any atom is 0.271 e. The summed E-state index contributed by atoms with van der Waals surface area (Å²) in [4.78, 5) is 24.2. The van der Waals surface area contributed by atoms with Gasteiger partial charge in [-0.2, -0.15) is 0 Å². The van der Waals surface area contributed by atoms with Crippen molar-refractivity contribution in [3.63, 3.8) is 0 Å². The van der Waals surface area contributed by atoms with Gasteiger partial charge in [-0.25, -0.2) is 0 Å². The Morgan fingerprint density at radius 1 is 1.18 bits per heavy atom. The summed E-state index contributed by atoms with van der Waals surface area (Å²) in [5, 5.41) is 13.7. The van der Waals surface area contributed by atoms with E-state index in [0.717, 1.165) is 5.69 Å². The first-order chi connectivity index (χ1) is 10.6. The van der Waals surface area contributed by atoms with Crippen molar-refractivity contribution in [2.24, 2.45) is 0 Å². The Morgan fingerprint density at radius 2 is 1.91 bits per heavy atom. The molecule has 2 aromatic rings. The molecule has 0 saturated heterocycles. The molecule has 0 unspecified atom stereocenters. The standard InChI is InChI=1S/C16H17N3O3/c1-2-18(14-8-4-3-5-9-14)16(20)12-17-13-7-6-10-15(11-13)19(21)22/h3-11,17H,2,12H2,1H3. The average Bonchev–Trinajstić information content (AvgIpc) is 2.55. The molecule has 0 aromatic heterocycles. The van der Waals surface area contributed by atoms with Gasteiger partial charge in [0.1, 0.15) is 0 Å². The van der Waals surface area contributed by atoms with Gasteiger partial charge >= 0.3 is 0 Å². The fourth-order valence-electron chi connectivity index (χ4n) is 2.11. The van der Waals surface area contributed by atoms with E-state index in [-0.39, 0.29) is 18.1 Å². The molecule has 1 amide bonds. The van der Waals surface area contributed by atoms with E-state index in [1.165, 1.54) is 12.1 Å². The highest BCUT2D eigenvalue weighted by Crippen LogP contribution is 2.17. The van der Waals surface area contributed by atoms with Crippen LogP contribution >= 0.6 is 0 Å². The van der Waals surface area contributed by atoms with Crippen LogP contribution in [-0.4, -0.2) is 23.9 Å². The third-order valence-corrected chi connectivity index (χ3v) is 3.19. The summed E-state index contributed by atoms with van der Waals surface area (Å²) in [6.45, 7) is 2.53. The van der Waals surface area contributed by atoms with Crippen LogP contribution in [0.15, 0.2) is 54.6 Å². The van der Waals surface area contributed by atoms with Gasteiger partial charge in [-0.05, 0) is 25.1 Å². The van der Waals surface area contributed by atoms with E-state index in [2.05, 4.69) is 5.32 Å². The number of nitrogens with one attached hydrogen (secondary N) is 1. The first-order valence-corrected chi connectivity index (χ1v) is 6.95. The molecule has 2 rings (SSSR count). The molecule has 0 spiro atoms. The molecule has 0 fully saturated rings. The number of amides is 1. The maximum absolute atomic E-state index is 12.3. The Balaban J connectivity index is 2.03. The second kappa shape index (κ2) is 7.21. The highest BCUT2D eigenvalue weighted by molar-refractivity contribution is 5.96. The molecule has 1 N–H and O–H groups in total. The first-order valence-electron chi connectivity index (χ1n) is 6.95. The molecule has 114 valence electrons. The Morgan fingerprint density at radius 3 is 2.55 bits per heavy atom. The molecule has 22 heavy (non-hydrogen) atoms. The Bertz CT molecular complexity index is 659. The van der Waals surface area contributed by atoms with Crippen LogP contribution in [0.5, 0.6) is 0 Å². The maximum atomic E-state index is 12.3. The van der Waals surface area contributed by atoms with Gasteiger partial charge in [-0.15, -0.1) is 0 Å². The molecule has 0 atom stereocenters. The minimum absolute atomic E-state index is 0.00661. The van der Waals surface area contributed by atoms with E-state index in [4.69, 9.17) is 0 Å². The van der Waals surface area contributed by atoms with E-state index < -0.39 is 4.92 Å². The van der Waals surface area contributed by atoms with Crippen molar-refractivity contribution in [3.05, 3.63) is 64.7 Å². The quantitative estimate of drug-likeness (QED) is 0.657. The minimum atomic E-state index is -0.463. The molecule has 0 aliphatic heterocycles. The molecule has 6 heteroatoms. The largest absolute Gasteiger partial charge is 0.376 e. The van der Waals surface area contributed by atoms with Crippen LogP contribution in [0.1, 0.15) is 6.92 Å². The number of hydrogen-bond donors (Lipinski definition) is 1. The monoisotopic (exact) mass is 299 g/mol. The average molecular weight is 299 g/mol. The molecule has 0 bridgehead atoms. The normalized spacial score (nSPS) is 10.0. The van der Waals surface area contributed by atoms with E-state index >= 15 is 0 Å². The summed E-state index contributed by atoms with van der Waals surface area (Å²) in [5.74, 6) is -0.0970. The summed E-state index contributed by atoms with van der Waals surface area (Å²) >= 11 is 0. The number of carbonyl (C=O) groups is 1. The van der Waals surface area contributed by atoms with Crippen molar-refractivity contribution < 1.29 is 9.72 Å². The van der Waals surface area contributed by atoms with Gasteiger partial charge < -0.3 is 10.2 Å². The smallest absolute Gasteiger partial charge is 0.271 e. The molecule has 0 radical (unpaired) electrons. The molecular formula is C16H17N3O3. The van der Waals surface area contributed by atoms with Crippen molar-refractivity contribution >= 4 is 23.0 Å². The number of non-ortho nitro benzene ring substituents is 1. The van der Waals surface area contributed by atoms with Crippen LogP contribution < -0.4 is 10.2 Å². The van der Waals surface area contributed by atoms with Crippen molar-refractivity contribution in [1.29, 1.82) is 0 Å². The summed E-state index contributed by atoms with van der Waals surface area (Å²) in [7, 11) is 0. The van der Waals surface area contributed by atoms with Gasteiger partial charge in [0, 0.05) is 30.1 Å². The van der Waals surface area contributed by atoms with Gasteiger partial charge in [-0.1, -0.05) is 24.3 Å². The molecule has 0 aliphatic carbocycles. The second-order valence-electron chi connectivity index (χ2n) is 4.63. The predicted molar refractivity (Wildman–Crippen MR) is 86.1 cm³/mol. The third kappa shape index (κ3) is 3.82. The molecule has 2 aromatic carbocycles. The first kappa shape index (κ1) is 15.5. The van der Waals surface area contributed by atoms with Crippen molar-refractivity contribution in [2.75, 3.05) is 23.3 Å². The summed E-state index contributed by atoms with van der Waals surface area (Å²) in [5.41, 5.74) is 1.37. The Kier molecular flexibility index (Phi) is 5.08. The lowest BCUT2D eigenvalue weighted by molar-refractivity contribution is -0.384. The second-order valence-corrected chi connectivity index (χ2v) is 4.63. The molecule has 0 aliphatic rings. The molecular weight excluding hydrogens is 282 g/mol. The third-order valence-electron chi connectivity index (χ3n) is 3.19. The highest BCUT2D eigenvalue weighted by Gasteiger charge is 2.13. The number of likely N-dealkylation sites (N-methyl/N-ethyl adjacent to an activating group) is 1. The minimum Gasteiger partial charge on any atom is -0.376 e. The predicted octanol–water partition coefficient (Wildman–Crippen LogP) is 3.06. The zero-order valence-electron chi connectivity index (χ0n) is 12.2. The molecule has 6 nitrogen and oxygen atoms in total. The van der Waals surface area contributed by atoms with Crippen LogP contribution in [-0.2, 0) is 4.79 Å². The Labute approximate surface area is 128 Å². The highest BCUT2D eigenvalue weighted by atomic mass is 16.6. The van der Waals surface area contributed by atoms with Gasteiger partial charge in [-0.3, -0.25) is 14.9 Å². The van der Waals surface area contributed by atoms with Crippen LogP contribution in [0, 0.1) is 10.1 Å². The topological polar surface area (TPSA) is 75.5 Å². The number of hydrogen-bond acceptors (Lipinski definition) is 4. The van der Waals surface area contributed by atoms with E-state index in [1.807, 2.05) is 37.3 Å². The van der Waals surface area contributed by atoms with Gasteiger partial charge in [0.2, 0.25) is 5.91 Å². The number of carbonyl (C=O) groups excluding carboxylic acids is 1. The zero-order valence-corrected chi connectivity index (χ0v) is 12.2. The summed E-state index contributed by atoms with van der Waals surface area (Å²) < 4.78 is 0. The lowest BCUT2D eigenvalue weighted by Crippen LogP contribution is -2.35. The van der Waals surface area contributed by atoms with E-state index in [9.17, 15) is 14.9 Å². The van der Waals surface area contributed by atoms with Gasteiger partial charge in [0.05, 0.1) is 11.5 Å². The van der Waals surface area contributed by atoms with E-state index in [0.29, 0.717) is 12.2 Å². The van der Waals surface area contributed by atoms with Crippen molar-refractivity contribution in [2.45, 2.75) is 6.92 Å². The van der Waals surface area contributed by atoms with Gasteiger partial charge in [0.25, 0.3) is 5.69 Å². The Hall–Kier alpha value is -2.89. The lowest BCUT2D eigenvalue weighted by Gasteiger charge is -2.21. The van der Waals surface area contributed by atoms with Crippen LogP contribution in [0.25, 0.3) is 0 Å². The molecule has 0 saturated carbocycles. The summed E-state index contributed by atoms with van der Waals surface area (Å²) in [6, 6.07) is 15.5.